The van der Waals surface area contributed by atoms with E-state index in [0.29, 0.717) is 0 Å². The van der Waals surface area contributed by atoms with Gasteiger partial charge in [-0.3, -0.25) is 4.72 Å². The fourth-order valence-corrected chi connectivity index (χ4v) is 6.28. The molecule has 0 spiro atoms. The zero-order chi connectivity index (χ0) is 25.0. The van der Waals surface area contributed by atoms with E-state index in [2.05, 4.69) is 21.1 Å². The Bertz CT molecular complexity index is 1300. The number of aromatic nitrogens is 1. The van der Waals surface area contributed by atoms with Gasteiger partial charge in [-0.25, -0.2) is 22.2 Å². The van der Waals surface area contributed by atoms with Crippen molar-refractivity contribution >= 4 is 43.7 Å². The van der Waals surface area contributed by atoms with Crippen LogP contribution in [-0.2, 0) is 10.0 Å². The highest BCUT2D eigenvalue weighted by atomic mass is 35.5. The predicted molar refractivity (Wildman–Crippen MR) is 134 cm³/mol. The third kappa shape index (κ3) is 6.00. The number of allylic oxidation sites excluding steroid dienone is 1. The molecule has 11 heteroatoms. The molecule has 0 aliphatic heterocycles. The summed E-state index contributed by atoms with van der Waals surface area (Å²) in [4.78, 5) is 3.26. The lowest BCUT2D eigenvalue weighted by molar-refractivity contribution is 0.236. The van der Waals surface area contributed by atoms with Crippen LogP contribution in [0, 0.1) is 17.6 Å². The third-order valence-corrected chi connectivity index (χ3v) is 8.19. The normalized spacial score (nSPS) is 18.2. The van der Waals surface area contributed by atoms with Gasteiger partial charge in [0.05, 0.1) is 11.6 Å². The number of hydrogen-bond donors (Lipinski definition) is 2. The molecule has 2 aromatic carbocycles. The van der Waals surface area contributed by atoms with Crippen LogP contribution in [0.3, 0.4) is 0 Å². The highest BCUT2D eigenvalue weighted by Crippen LogP contribution is 2.36. The highest BCUT2D eigenvalue weighted by Gasteiger charge is 2.30. The average Bonchev–Trinajstić information content (AvgIpc) is 3.33. The summed E-state index contributed by atoms with van der Waals surface area (Å²) in [6.07, 6.45) is 5.28. The Morgan fingerprint density at radius 1 is 1.23 bits per heavy atom. The number of thiazole rings is 1. The minimum absolute atomic E-state index is 0.0333. The Hall–Kier alpha value is -2.53. The molecule has 2 N–H and O–H groups in total. The molecular weight excluding hydrogens is 516 g/mol. The van der Waals surface area contributed by atoms with Crippen LogP contribution < -0.4 is 14.8 Å². The van der Waals surface area contributed by atoms with E-state index in [0.717, 1.165) is 54.0 Å². The topological polar surface area (TPSA) is 80.3 Å². The van der Waals surface area contributed by atoms with Crippen molar-refractivity contribution in [3.63, 3.8) is 0 Å². The first-order chi connectivity index (χ1) is 16.8. The van der Waals surface area contributed by atoms with E-state index < -0.39 is 20.7 Å². The Kier molecular flexibility index (Phi) is 8.05. The maximum Gasteiger partial charge on any atom is 0.266 e. The molecule has 4 rings (SSSR count). The molecule has 2 atom stereocenters. The maximum absolute atomic E-state index is 14.9. The minimum Gasteiger partial charge on any atom is -0.491 e. The number of nitrogens with one attached hydrogen (secondary N) is 2. The standard InChI is InChI=1S/C24H24ClF2N3O3S2/c1-2-28-21-5-3-4-17(15-6-8-16(26)9-7-15)18(21)14-33-22-13-20(27)23(12-19(22)25)35(31,32)30-24-29-10-11-34-24/h4,6-13,18,21,28H,2-3,5,14H2,1H3,(H,29,30)/t18?,21-/m1/s1. The summed E-state index contributed by atoms with van der Waals surface area (Å²) in [7, 11) is -4.22. The quantitative estimate of drug-likeness (QED) is 0.363. The number of nitrogens with zero attached hydrogens (tertiary/aromatic N) is 1. The van der Waals surface area contributed by atoms with Crippen LogP contribution >= 0.6 is 22.9 Å². The van der Waals surface area contributed by atoms with Gasteiger partial charge in [0, 0.05) is 29.6 Å². The van der Waals surface area contributed by atoms with E-state index in [9.17, 15) is 17.2 Å². The maximum atomic E-state index is 14.9. The van der Waals surface area contributed by atoms with Crippen LogP contribution in [-0.4, -0.2) is 32.6 Å². The van der Waals surface area contributed by atoms with Gasteiger partial charge in [-0.1, -0.05) is 36.7 Å². The molecule has 6 nitrogen and oxygen atoms in total. The van der Waals surface area contributed by atoms with Crippen molar-refractivity contribution in [1.82, 2.24) is 10.3 Å². The number of anilines is 1. The molecular formula is C24H24ClF2N3O3S2. The molecule has 186 valence electrons. The molecule has 3 aromatic rings. The molecule has 1 aliphatic rings. The molecule has 1 unspecified atom stereocenters. The van der Waals surface area contributed by atoms with E-state index in [1.807, 2.05) is 6.92 Å². The van der Waals surface area contributed by atoms with Gasteiger partial charge in [-0.15, -0.1) is 11.3 Å². The smallest absolute Gasteiger partial charge is 0.266 e. The van der Waals surface area contributed by atoms with Crippen LogP contribution in [0.25, 0.3) is 5.57 Å². The number of hydrogen-bond acceptors (Lipinski definition) is 6. The molecule has 1 aromatic heterocycles. The zero-order valence-electron chi connectivity index (χ0n) is 18.8. The van der Waals surface area contributed by atoms with Gasteiger partial charge in [-0.05, 0) is 48.7 Å². The SMILES string of the molecule is CCN[C@@H]1CCC=C(c2ccc(F)cc2)C1COc1cc(F)c(S(=O)(=O)Nc2nccs2)cc1Cl. The van der Waals surface area contributed by atoms with Crippen LogP contribution in [0.2, 0.25) is 5.02 Å². The summed E-state index contributed by atoms with van der Waals surface area (Å²) in [5.74, 6) is -1.38. The van der Waals surface area contributed by atoms with Gasteiger partial charge in [0.1, 0.15) is 22.3 Å². The first-order valence-electron chi connectivity index (χ1n) is 11.0. The van der Waals surface area contributed by atoms with Crippen molar-refractivity contribution in [2.24, 2.45) is 5.92 Å². The lowest BCUT2D eigenvalue weighted by Gasteiger charge is -2.33. The van der Waals surface area contributed by atoms with Gasteiger partial charge in [0.25, 0.3) is 10.0 Å². The molecule has 1 heterocycles. The van der Waals surface area contributed by atoms with Gasteiger partial charge in [0.2, 0.25) is 0 Å². The van der Waals surface area contributed by atoms with Crippen molar-refractivity contribution in [2.75, 3.05) is 17.9 Å². The second kappa shape index (κ2) is 11.0. The second-order valence-electron chi connectivity index (χ2n) is 7.98. The Labute approximate surface area is 212 Å². The summed E-state index contributed by atoms with van der Waals surface area (Å²) in [6, 6.07) is 8.38. The Morgan fingerprint density at radius 2 is 2.00 bits per heavy atom. The van der Waals surface area contributed by atoms with Gasteiger partial charge >= 0.3 is 0 Å². The van der Waals surface area contributed by atoms with E-state index in [4.69, 9.17) is 16.3 Å². The lowest BCUT2D eigenvalue weighted by Crippen LogP contribution is -2.41. The Balaban J connectivity index is 1.56. The molecule has 0 saturated heterocycles. The molecule has 0 radical (unpaired) electrons. The minimum atomic E-state index is -4.22. The number of rotatable bonds is 9. The number of sulfonamides is 1. The van der Waals surface area contributed by atoms with Gasteiger partial charge < -0.3 is 10.1 Å². The Morgan fingerprint density at radius 3 is 2.69 bits per heavy atom. The number of benzene rings is 2. The van der Waals surface area contributed by atoms with E-state index >= 15 is 0 Å². The first-order valence-corrected chi connectivity index (χ1v) is 13.8. The highest BCUT2D eigenvalue weighted by molar-refractivity contribution is 7.93. The summed E-state index contributed by atoms with van der Waals surface area (Å²) in [5, 5.41) is 5.14. The summed E-state index contributed by atoms with van der Waals surface area (Å²) >= 11 is 7.38. The molecule has 35 heavy (non-hydrogen) atoms. The molecule has 0 bridgehead atoms. The monoisotopic (exact) mass is 539 g/mol. The molecule has 1 aliphatic carbocycles. The second-order valence-corrected chi connectivity index (χ2v) is 10.9. The third-order valence-electron chi connectivity index (χ3n) is 5.72. The fourth-order valence-electron chi connectivity index (χ4n) is 4.12. The van der Waals surface area contributed by atoms with E-state index in [-0.39, 0.29) is 40.3 Å². The summed E-state index contributed by atoms with van der Waals surface area (Å²) < 4.78 is 61.7. The van der Waals surface area contributed by atoms with Crippen molar-refractivity contribution in [2.45, 2.75) is 30.7 Å². The summed E-state index contributed by atoms with van der Waals surface area (Å²) in [6.45, 7) is 2.94. The molecule has 0 saturated carbocycles. The van der Waals surface area contributed by atoms with Crippen molar-refractivity contribution in [1.29, 1.82) is 0 Å². The van der Waals surface area contributed by atoms with Crippen LogP contribution in [0.1, 0.15) is 25.3 Å². The zero-order valence-corrected chi connectivity index (χ0v) is 21.2. The van der Waals surface area contributed by atoms with Crippen molar-refractivity contribution in [3.05, 3.63) is 76.3 Å². The summed E-state index contributed by atoms with van der Waals surface area (Å²) in [5.41, 5.74) is 1.89. The average molecular weight is 540 g/mol. The first kappa shape index (κ1) is 25.6. The number of halogens is 3. The van der Waals surface area contributed by atoms with Crippen LogP contribution in [0.4, 0.5) is 13.9 Å². The molecule has 0 amide bonds. The van der Waals surface area contributed by atoms with Gasteiger partial charge in [-0.2, -0.15) is 0 Å². The fraction of sp³-hybridized carbons (Fsp3) is 0.292. The molecule has 0 fully saturated rings. The predicted octanol–water partition coefficient (Wildman–Crippen LogP) is 5.73. The van der Waals surface area contributed by atoms with Gasteiger partial charge in [0.15, 0.2) is 5.13 Å². The lowest BCUT2D eigenvalue weighted by atomic mass is 9.80. The number of ether oxygens (including phenoxy) is 1. The van der Waals surface area contributed by atoms with E-state index in [1.54, 1.807) is 17.5 Å². The van der Waals surface area contributed by atoms with Crippen LogP contribution in [0.5, 0.6) is 5.75 Å². The van der Waals surface area contributed by atoms with Crippen molar-refractivity contribution < 1.29 is 21.9 Å². The van der Waals surface area contributed by atoms with Crippen molar-refractivity contribution in [3.8, 4) is 5.75 Å². The van der Waals surface area contributed by atoms with Crippen LogP contribution in [0.15, 0.2) is 58.9 Å². The van der Waals surface area contributed by atoms with E-state index in [1.165, 1.54) is 18.3 Å². The largest absolute Gasteiger partial charge is 0.491 e.